The first-order valence-corrected chi connectivity index (χ1v) is 6.30. The molecule has 1 heterocycles. The highest BCUT2D eigenvalue weighted by molar-refractivity contribution is 5.68. The van der Waals surface area contributed by atoms with Crippen molar-refractivity contribution in [1.82, 2.24) is 4.90 Å². The number of hydrogen-bond acceptors (Lipinski definition) is 3. The van der Waals surface area contributed by atoms with E-state index in [1.165, 1.54) is 0 Å². The quantitative estimate of drug-likeness (QED) is 0.769. The van der Waals surface area contributed by atoms with Gasteiger partial charge in [0.2, 0.25) is 0 Å². The van der Waals surface area contributed by atoms with Crippen molar-refractivity contribution in [3.63, 3.8) is 0 Å². The molecular formula is C13H25NO3. The molecule has 0 spiro atoms. The second-order valence-corrected chi connectivity index (χ2v) is 6.30. The van der Waals surface area contributed by atoms with Gasteiger partial charge in [0.1, 0.15) is 5.60 Å². The van der Waals surface area contributed by atoms with Gasteiger partial charge in [-0.15, -0.1) is 0 Å². The van der Waals surface area contributed by atoms with Crippen LogP contribution in [0.1, 0.15) is 47.5 Å². The van der Waals surface area contributed by atoms with Gasteiger partial charge in [0.25, 0.3) is 0 Å². The number of amides is 1. The molecule has 0 aromatic heterocycles. The first-order valence-electron chi connectivity index (χ1n) is 6.30. The summed E-state index contributed by atoms with van der Waals surface area (Å²) in [5, 5.41) is 9.71. The van der Waals surface area contributed by atoms with E-state index in [9.17, 15) is 9.90 Å². The van der Waals surface area contributed by atoms with Crippen LogP contribution in [-0.2, 0) is 4.74 Å². The highest BCUT2D eigenvalue weighted by Crippen LogP contribution is 2.34. The highest BCUT2D eigenvalue weighted by Gasteiger charge is 2.36. The summed E-state index contributed by atoms with van der Waals surface area (Å²) in [7, 11) is 0. The van der Waals surface area contributed by atoms with Crippen LogP contribution in [0.4, 0.5) is 4.79 Å². The molecule has 100 valence electrons. The third kappa shape index (κ3) is 3.87. The van der Waals surface area contributed by atoms with E-state index in [0.717, 1.165) is 12.8 Å². The number of hydrogen-bond donors (Lipinski definition) is 1. The van der Waals surface area contributed by atoms with Crippen LogP contribution in [0.5, 0.6) is 0 Å². The standard InChI is InChI=1S/C13H25NO3/c1-10(15)13(5)6-8-14(9-7-13)11(16)17-12(2,3)4/h10,15H,6-9H2,1-5H3/t10-/m0/s1. The number of carbonyl (C=O) groups is 1. The van der Waals surface area contributed by atoms with Gasteiger partial charge in [-0.05, 0) is 46.0 Å². The van der Waals surface area contributed by atoms with Crippen molar-refractivity contribution in [2.75, 3.05) is 13.1 Å². The molecule has 0 bridgehead atoms. The molecule has 1 atom stereocenters. The number of aliphatic hydroxyl groups excluding tert-OH is 1. The Balaban J connectivity index is 2.50. The minimum absolute atomic E-state index is 0.0709. The fourth-order valence-electron chi connectivity index (χ4n) is 1.94. The van der Waals surface area contributed by atoms with Gasteiger partial charge in [0.05, 0.1) is 6.10 Å². The minimum Gasteiger partial charge on any atom is -0.444 e. The third-order valence-corrected chi connectivity index (χ3v) is 3.57. The zero-order valence-corrected chi connectivity index (χ0v) is 11.6. The zero-order chi connectivity index (χ0) is 13.3. The maximum atomic E-state index is 11.8. The van der Waals surface area contributed by atoms with Crippen molar-refractivity contribution in [2.24, 2.45) is 5.41 Å². The SMILES string of the molecule is C[C@H](O)C1(C)CCN(C(=O)OC(C)(C)C)CC1. The molecule has 0 saturated carbocycles. The number of carbonyl (C=O) groups excluding carboxylic acids is 1. The minimum atomic E-state index is -0.442. The van der Waals surface area contributed by atoms with E-state index in [1.54, 1.807) is 4.90 Å². The Kier molecular flexibility index (Phi) is 4.07. The summed E-state index contributed by atoms with van der Waals surface area (Å²) in [5.41, 5.74) is -0.513. The van der Waals surface area contributed by atoms with Crippen LogP contribution in [-0.4, -0.2) is 40.9 Å². The molecule has 1 aliphatic rings. The molecule has 0 unspecified atom stereocenters. The third-order valence-electron chi connectivity index (χ3n) is 3.57. The topological polar surface area (TPSA) is 49.8 Å². The number of ether oxygens (including phenoxy) is 1. The summed E-state index contributed by atoms with van der Waals surface area (Å²) in [6.45, 7) is 10.8. The summed E-state index contributed by atoms with van der Waals surface area (Å²) >= 11 is 0. The van der Waals surface area contributed by atoms with Crippen LogP contribution in [0, 0.1) is 5.41 Å². The van der Waals surface area contributed by atoms with Crippen LogP contribution in [0.25, 0.3) is 0 Å². The van der Waals surface area contributed by atoms with Gasteiger partial charge in [0.15, 0.2) is 0 Å². The van der Waals surface area contributed by atoms with Gasteiger partial charge in [-0.1, -0.05) is 6.92 Å². The average molecular weight is 243 g/mol. The molecule has 1 saturated heterocycles. The lowest BCUT2D eigenvalue weighted by Gasteiger charge is -2.41. The Labute approximate surface area is 104 Å². The van der Waals surface area contributed by atoms with Crippen LogP contribution in [0.15, 0.2) is 0 Å². The molecule has 0 aliphatic carbocycles. The largest absolute Gasteiger partial charge is 0.444 e. The summed E-state index contributed by atoms with van der Waals surface area (Å²) in [5.74, 6) is 0. The lowest BCUT2D eigenvalue weighted by Crippen LogP contribution is -2.47. The molecule has 1 aliphatic heterocycles. The Morgan fingerprint density at radius 2 is 1.82 bits per heavy atom. The Hall–Kier alpha value is -0.770. The molecule has 1 fully saturated rings. The summed E-state index contributed by atoms with van der Waals surface area (Å²) in [6, 6.07) is 0. The van der Waals surface area contributed by atoms with Gasteiger partial charge in [0, 0.05) is 13.1 Å². The maximum Gasteiger partial charge on any atom is 0.410 e. The van der Waals surface area contributed by atoms with Crippen molar-refractivity contribution in [1.29, 1.82) is 0 Å². The Morgan fingerprint density at radius 1 is 1.35 bits per heavy atom. The zero-order valence-electron chi connectivity index (χ0n) is 11.6. The number of rotatable bonds is 1. The van der Waals surface area contributed by atoms with Gasteiger partial charge >= 0.3 is 6.09 Å². The fraction of sp³-hybridized carbons (Fsp3) is 0.923. The summed E-state index contributed by atoms with van der Waals surface area (Å²) in [6.07, 6.45) is 1.07. The van der Waals surface area contributed by atoms with Gasteiger partial charge in [-0.3, -0.25) is 0 Å². The number of likely N-dealkylation sites (tertiary alicyclic amines) is 1. The number of nitrogens with zero attached hydrogens (tertiary/aromatic N) is 1. The maximum absolute atomic E-state index is 11.8. The smallest absolute Gasteiger partial charge is 0.410 e. The molecule has 1 amide bonds. The highest BCUT2D eigenvalue weighted by atomic mass is 16.6. The van der Waals surface area contributed by atoms with Gasteiger partial charge in [-0.2, -0.15) is 0 Å². The van der Waals surface area contributed by atoms with Gasteiger partial charge in [-0.25, -0.2) is 4.79 Å². The van der Waals surface area contributed by atoms with Crippen LogP contribution in [0.2, 0.25) is 0 Å². The predicted octanol–water partition coefficient (Wildman–Crippen LogP) is 2.40. The van der Waals surface area contributed by atoms with Crippen LogP contribution < -0.4 is 0 Å². The average Bonchev–Trinajstić information content (AvgIpc) is 2.15. The Morgan fingerprint density at radius 3 is 2.18 bits per heavy atom. The first kappa shape index (κ1) is 14.3. The monoisotopic (exact) mass is 243 g/mol. The summed E-state index contributed by atoms with van der Waals surface area (Å²) < 4.78 is 5.33. The second-order valence-electron chi connectivity index (χ2n) is 6.30. The molecule has 17 heavy (non-hydrogen) atoms. The van der Waals surface area contributed by atoms with Crippen LogP contribution in [0.3, 0.4) is 0 Å². The van der Waals surface area contributed by atoms with Crippen molar-refractivity contribution >= 4 is 6.09 Å². The van der Waals surface area contributed by atoms with E-state index in [-0.39, 0.29) is 17.6 Å². The summed E-state index contributed by atoms with van der Waals surface area (Å²) in [4.78, 5) is 13.6. The van der Waals surface area contributed by atoms with E-state index < -0.39 is 5.60 Å². The molecule has 4 heteroatoms. The second kappa shape index (κ2) is 4.84. The van der Waals surface area contributed by atoms with E-state index in [4.69, 9.17) is 4.74 Å². The van der Waals surface area contributed by atoms with E-state index in [1.807, 2.05) is 27.7 Å². The van der Waals surface area contributed by atoms with E-state index in [2.05, 4.69) is 6.92 Å². The molecule has 1 N–H and O–H groups in total. The molecule has 0 aromatic rings. The number of aliphatic hydroxyl groups is 1. The van der Waals surface area contributed by atoms with Crippen molar-refractivity contribution in [3.05, 3.63) is 0 Å². The van der Waals surface area contributed by atoms with Crippen molar-refractivity contribution in [2.45, 2.75) is 59.2 Å². The molecule has 0 radical (unpaired) electrons. The van der Waals surface area contributed by atoms with E-state index in [0.29, 0.717) is 13.1 Å². The van der Waals surface area contributed by atoms with E-state index >= 15 is 0 Å². The molecule has 1 rings (SSSR count). The first-order chi connectivity index (χ1) is 7.64. The lowest BCUT2D eigenvalue weighted by atomic mass is 9.76. The van der Waals surface area contributed by atoms with Crippen molar-refractivity contribution in [3.8, 4) is 0 Å². The molecule has 0 aromatic carbocycles. The molecular weight excluding hydrogens is 218 g/mol. The van der Waals surface area contributed by atoms with Gasteiger partial charge < -0.3 is 14.7 Å². The van der Waals surface area contributed by atoms with Crippen LogP contribution >= 0.6 is 0 Å². The van der Waals surface area contributed by atoms with Crippen molar-refractivity contribution < 1.29 is 14.6 Å². The number of piperidine rings is 1. The lowest BCUT2D eigenvalue weighted by molar-refractivity contribution is -0.0178. The normalized spacial score (nSPS) is 22.1. The Bertz CT molecular complexity index is 273. The molecule has 4 nitrogen and oxygen atoms in total. The fourth-order valence-corrected chi connectivity index (χ4v) is 1.94. The predicted molar refractivity (Wildman–Crippen MR) is 66.8 cm³/mol.